The van der Waals surface area contributed by atoms with E-state index in [1.807, 2.05) is 27.7 Å². The maximum Gasteiger partial charge on any atom is 0.163 e. The van der Waals surface area contributed by atoms with Crippen LogP contribution in [0, 0.1) is 0 Å². The van der Waals surface area contributed by atoms with Gasteiger partial charge in [0.05, 0.1) is 13.2 Å². The van der Waals surface area contributed by atoms with Gasteiger partial charge in [0, 0.05) is 0 Å². The summed E-state index contributed by atoms with van der Waals surface area (Å²) < 4.78 is 22.6. The van der Waals surface area contributed by atoms with Crippen LogP contribution in [0.1, 0.15) is 27.7 Å². The van der Waals surface area contributed by atoms with Gasteiger partial charge in [0.1, 0.15) is 18.3 Å². The lowest BCUT2D eigenvalue weighted by Crippen LogP contribution is -2.63. The van der Waals surface area contributed by atoms with E-state index in [-0.39, 0.29) is 24.9 Å². The summed E-state index contributed by atoms with van der Waals surface area (Å²) in [7, 11) is 0. The Bertz CT molecular complexity index is 253. The largest absolute Gasteiger partial charge is 0.394 e. The molecule has 0 aliphatic carbocycles. The molecule has 0 spiro atoms. The second kappa shape index (κ2) is 3.92. The Balaban J connectivity index is 2.14. The molecular weight excluding hydrogens is 212 g/mol. The van der Waals surface area contributed by atoms with Crippen LogP contribution in [-0.4, -0.2) is 48.2 Å². The van der Waals surface area contributed by atoms with E-state index in [0.717, 1.165) is 0 Å². The van der Waals surface area contributed by atoms with Gasteiger partial charge in [-0.1, -0.05) is 0 Å². The Hall–Kier alpha value is -0.200. The van der Waals surface area contributed by atoms with E-state index in [4.69, 9.17) is 18.9 Å². The third-order valence-corrected chi connectivity index (χ3v) is 2.80. The number of hydrogen-bond acceptors (Lipinski definition) is 5. The van der Waals surface area contributed by atoms with Crippen molar-refractivity contribution in [3.8, 4) is 0 Å². The van der Waals surface area contributed by atoms with Crippen LogP contribution >= 0.6 is 0 Å². The fourth-order valence-electron chi connectivity index (χ4n) is 2.20. The van der Waals surface area contributed by atoms with Gasteiger partial charge in [-0.3, -0.25) is 0 Å². The highest BCUT2D eigenvalue weighted by atomic mass is 16.8. The van der Waals surface area contributed by atoms with Crippen molar-refractivity contribution in [1.29, 1.82) is 0 Å². The molecule has 5 heteroatoms. The van der Waals surface area contributed by atoms with Crippen molar-refractivity contribution in [2.75, 3.05) is 13.2 Å². The van der Waals surface area contributed by atoms with Crippen molar-refractivity contribution in [3.63, 3.8) is 0 Å². The van der Waals surface area contributed by atoms with Crippen molar-refractivity contribution in [2.24, 2.45) is 0 Å². The number of fused-ring (bicyclic) bond motifs is 1. The van der Waals surface area contributed by atoms with Crippen LogP contribution in [0.4, 0.5) is 0 Å². The summed E-state index contributed by atoms with van der Waals surface area (Å²) in [5, 5.41) is 9.33. The molecule has 0 saturated carbocycles. The fraction of sp³-hybridized carbons (Fsp3) is 1.00. The summed E-state index contributed by atoms with van der Waals surface area (Å²) in [5.74, 6) is -1.36. The molecule has 2 saturated heterocycles. The Morgan fingerprint density at radius 3 is 2.38 bits per heavy atom. The molecule has 0 radical (unpaired) electrons. The number of aliphatic hydroxyl groups excluding tert-OH is 1. The zero-order chi connectivity index (χ0) is 12.0. The molecule has 2 heterocycles. The average molecular weight is 232 g/mol. The first-order valence-corrected chi connectivity index (χ1v) is 5.61. The van der Waals surface area contributed by atoms with Gasteiger partial charge in [-0.25, -0.2) is 0 Å². The predicted molar refractivity (Wildman–Crippen MR) is 55.8 cm³/mol. The van der Waals surface area contributed by atoms with Gasteiger partial charge < -0.3 is 24.1 Å². The molecule has 3 atom stereocenters. The zero-order valence-corrected chi connectivity index (χ0v) is 10.2. The molecule has 2 fully saturated rings. The van der Waals surface area contributed by atoms with E-state index in [9.17, 15) is 5.11 Å². The van der Waals surface area contributed by atoms with Gasteiger partial charge >= 0.3 is 0 Å². The minimum atomic E-state index is -0.706. The van der Waals surface area contributed by atoms with Crippen LogP contribution < -0.4 is 0 Å². The maximum absolute atomic E-state index is 9.33. The summed E-state index contributed by atoms with van der Waals surface area (Å²) in [6.07, 6.45) is -0.826. The molecule has 0 amide bonds. The van der Waals surface area contributed by atoms with Crippen molar-refractivity contribution in [2.45, 2.75) is 57.6 Å². The van der Waals surface area contributed by atoms with Gasteiger partial charge in [-0.15, -0.1) is 0 Å². The molecule has 2 aliphatic heterocycles. The van der Waals surface area contributed by atoms with E-state index in [2.05, 4.69) is 0 Å². The van der Waals surface area contributed by atoms with Crippen LogP contribution in [0.3, 0.4) is 0 Å². The number of hydrogen-bond donors (Lipinski definition) is 1. The monoisotopic (exact) mass is 232 g/mol. The van der Waals surface area contributed by atoms with E-state index in [1.54, 1.807) is 0 Å². The van der Waals surface area contributed by atoms with Crippen LogP contribution in [0.5, 0.6) is 0 Å². The quantitative estimate of drug-likeness (QED) is 0.719. The molecule has 1 N–H and O–H groups in total. The molecule has 0 aromatic carbocycles. The van der Waals surface area contributed by atoms with Gasteiger partial charge in [0.25, 0.3) is 0 Å². The highest BCUT2D eigenvalue weighted by Gasteiger charge is 2.49. The second-order valence-electron chi connectivity index (χ2n) is 5.19. The summed E-state index contributed by atoms with van der Waals surface area (Å²) >= 11 is 0. The fourth-order valence-corrected chi connectivity index (χ4v) is 2.20. The second-order valence-corrected chi connectivity index (χ2v) is 5.19. The van der Waals surface area contributed by atoms with Crippen molar-refractivity contribution >= 4 is 0 Å². The summed E-state index contributed by atoms with van der Waals surface area (Å²) in [4.78, 5) is 0. The predicted octanol–water partition coefficient (Wildman–Crippen LogP) is 0.650. The Morgan fingerprint density at radius 2 is 1.75 bits per heavy atom. The molecule has 0 aromatic heterocycles. The minimum Gasteiger partial charge on any atom is -0.394 e. The smallest absolute Gasteiger partial charge is 0.163 e. The third kappa shape index (κ3) is 2.38. The molecule has 2 aliphatic rings. The highest BCUT2D eigenvalue weighted by Crippen LogP contribution is 2.35. The molecular formula is C11H20O5. The Morgan fingerprint density at radius 1 is 1.06 bits per heavy atom. The lowest BCUT2D eigenvalue weighted by molar-refractivity contribution is -0.408. The first-order valence-electron chi connectivity index (χ1n) is 5.61. The van der Waals surface area contributed by atoms with Crippen LogP contribution in [-0.2, 0) is 18.9 Å². The molecule has 0 unspecified atom stereocenters. The molecule has 5 nitrogen and oxygen atoms in total. The molecule has 94 valence electrons. The topological polar surface area (TPSA) is 57.2 Å². The zero-order valence-electron chi connectivity index (χ0n) is 10.2. The Labute approximate surface area is 95.6 Å². The lowest BCUT2D eigenvalue weighted by atomic mass is 10.0. The van der Waals surface area contributed by atoms with Gasteiger partial charge in [-0.2, -0.15) is 0 Å². The molecule has 0 bridgehead atoms. The highest BCUT2D eigenvalue weighted by molar-refractivity contribution is 4.89. The molecule has 0 aromatic rings. The summed E-state index contributed by atoms with van der Waals surface area (Å²) in [6.45, 7) is 7.72. The SMILES string of the molecule is CC1(C)OC[C@@H]2OC(C)(C)O[C@@H](CO)[C@@H]2O1. The minimum absolute atomic E-state index is 0.0793. The first-order chi connectivity index (χ1) is 7.33. The van der Waals surface area contributed by atoms with E-state index >= 15 is 0 Å². The molecule has 2 rings (SSSR count). The lowest BCUT2D eigenvalue weighted by Gasteiger charge is -2.50. The normalized spacial score (nSPS) is 41.4. The van der Waals surface area contributed by atoms with Gasteiger partial charge in [0.2, 0.25) is 0 Å². The average Bonchev–Trinajstić information content (AvgIpc) is 2.16. The van der Waals surface area contributed by atoms with Gasteiger partial charge in [-0.05, 0) is 27.7 Å². The van der Waals surface area contributed by atoms with Crippen molar-refractivity contribution < 1.29 is 24.1 Å². The summed E-state index contributed by atoms with van der Waals surface area (Å²) in [5.41, 5.74) is 0. The van der Waals surface area contributed by atoms with Crippen LogP contribution in [0.25, 0.3) is 0 Å². The van der Waals surface area contributed by atoms with E-state index < -0.39 is 11.6 Å². The van der Waals surface area contributed by atoms with Crippen LogP contribution in [0.15, 0.2) is 0 Å². The number of rotatable bonds is 1. The third-order valence-electron chi connectivity index (χ3n) is 2.80. The van der Waals surface area contributed by atoms with Gasteiger partial charge in [0.15, 0.2) is 11.6 Å². The number of aliphatic hydroxyl groups is 1. The summed E-state index contributed by atoms with van der Waals surface area (Å²) in [6, 6.07) is 0. The maximum atomic E-state index is 9.33. The number of ether oxygens (including phenoxy) is 4. The van der Waals surface area contributed by atoms with Crippen molar-refractivity contribution in [3.05, 3.63) is 0 Å². The van der Waals surface area contributed by atoms with E-state index in [1.165, 1.54) is 0 Å². The van der Waals surface area contributed by atoms with E-state index in [0.29, 0.717) is 6.61 Å². The van der Waals surface area contributed by atoms with Crippen molar-refractivity contribution in [1.82, 2.24) is 0 Å². The standard InChI is InChI=1S/C11H20O5/c1-10(2)13-6-8-9(16-10)7(5-12)14-11(3,4)15-8/h7-9,12H,5-6H2,1-4H3/t7-,8-,9-/m0/s1. The Kier molecular flexibility index (Phi) is 3.01. The van der Waals surface area contributed by atoms with Crippen LogP contribution in [0.2, 0.25) is 0 Å². The molecule has 16 heavy (non-hydrogen) atoms. The first kappa shape index (κ1) is 12.3.